The van der Waals surface area contributed by atoms with E-state index in [0.29, 0.717) is 67.6 Å². The number of nitrogens with zero attached hydrogens (tertiary/aromatic N) is 5. The van der Waals surface area contributed by atoms with Gasteiger partial charge in [-0.3, -0.25) is 14.4 Å². The topological polar surface area (TPSA) is 196 Å². The number of carbonyl (C=O) groups is 4. The fourth-order valence-corrected chi connectivity index (χ4v) is 9.89. The number of pyridine rings is 1. The molecule has 0 aliphatic carbocycles. The fraction of sp³-hybridized carbons (Fsp3) is 0.415. The molecule has 1 fully saturated rings. The highest BCUT2D eigenvalue weighted by atomic mass is 32.1. The van der Waals surface area contributed by atoms with Gasteiger partial charge in [-0.15, -0.1) is 22.7 Å². The van der Waals surface area contributed by atoms with Gasteiger partial charge in [0.05, 0.1) is 45.4 Å². The van der Waals surface area contributed by atoms with Gasteiger partial charge in [0.15, 0.2) is 0 Å². The number of hydrogen-bond donors (Lipinski definition) is 4. The molecule has 6 aromatic rings. The molecule has 4 atom stereocenters. The second kappa shape index (κ2) is 24.1. The highest BCUT2D eigenvalue weighted by Gasteiger charge is 2.27. The molecule has 1 saturated heterocycles. The molecule has 0 radical (unpaired) electrons. The van der Waals surface area contributed by atoms with Crippen LogP contribution in [0.25, 0.3) is 10.9 Å². The summed E-state index contributed by atoms with van der Waals surface area (Å²) in [5.41, 5.74) is 3.34. The third kappa shape index (κ3) is 13.3. The van der Waals surface area contributed by atoms with Crippen molar-refractivity contribution in [1.29, 1.82) is 0 Å². The van der Waals surface area contributed by atoms with E-state index >= 15 is 4.39 Å². The van der Waals surface area contributed by atoms with Gasteiger partial charge in [-0.05, 0) is 80.1 Å². The number of thiazole rings is 2. The Kier molecular flexibility index (Phi) is 18.3. The number of anilines is 3. The lowest BCUT2D eigenvalue weighted by Crippen LogP contribution is -2.49. The zero-order valence-electron chi connectivity index (χ0n) is 41.7. The van der Waals surface area contributed by atoms with Crippen LogP contribution in [0.5, 0.6) is 0 Å². The van der Waals surface area contributed by atoms with E-state index in [1.54, 1.807) is 97.8 Å². The maximum Gasteiger partial charge on any atom is 0.410 e. The number of fused-ring (bicyclic) bond motifs is 1. The van der Waals surface area contributed by atoms with Gasteiger partial charge < -0.3 is 40.0 Å². The summed E-state index contributed by atoms with van der Waals surface area (Å²) in [4.78, 5) is 75.7. The molecular formula is C53H64FN7O8S2. The number of nitrogens with one attached hydrogen (secondary N) is 2. The number of ether oxygens (including phenoxy) is 1. The van der Waals surface area contributed by atoms with Crippen molar-refractivity contribution in [2.24, 2.45) is 11.8 Å². The first-order valence-electron chi connectivity index (χ1n) is 23.9. The first-order valence-corrected chi connectivity index (χ1v) is 25.6. The molecule has 3 amide bonds. The van der Waals surface area contributed by atoms with Gasteiger partial charge in [-0.25, -0.2) is 23.9 Å². The molecule has 4 heterocycles. The van der Waals surface area contributed by atoms with E-state index in [4.69, 9.17) is 9.84 Å². The molecule has 18 heteroatoms. The van der Waals surface area contributed by atoms with Crippen molar-refractivity contribution in [2.45, 2.75) is 106 Å². The third-order valence-electron chi connectivity index (χ3n) is 13.1. The van der Waals surface area contributed by atoms with Crippen LogP contribution in [0.4, 0.5) is 26.2 Å². The number of aromatic carboxylic acids is 1. The summed E-state index contributed by atoms with van der Waals surface area (Å²) in [6.45, 7) is 20.2. The van der Waals surface area contributed by atoms with Crippen molar-refractivity contribution in [3.8, 4) is 0 Å². The predicted molar refractivity (Wildman–Crippen MR) is 278 cm³/mol. The number of piperazine rings is 1. The van der Waals surface area contributed by atoms with Crippen LogP contribution >= 0.6 is 22.7 Å². The van der Waals surface area contributed by atoms with Crippen molar-refractivity contribution in [3.63, 3.8) is 0 Å². The van der Waals surface area contributed by atoms with Gasteiger partial charge in [-0.1, -0.05) is 65.8 Å². The lowest BCUT2D eigenvalue weighted by atomic mass is 9.99. The summed E-state index contributed by atoms with van der Waals surface area (Å²) < 4.78 is 22.4. The van der Waals surface area contributed by atoms with E-state index in [-0.39, 0.29) is 47.9 Å². The molecule has 3 aromatic carbocycles. The zero-order chi connectivity index (χ0) is 51.7. The molecule has 1 aliphatic rings. The molecule has 71 heavy (non-hydrogen) atoms. The number of carboxylic acid groups (broad SMARTS) is 1. The number of aryl methyl sites for hydroxylation is 1. The van der Waals surface area contributed by atoms with Crippen LogP contribution in [0.15, 0.2) is 83.2 Å². The SMILES string of the molecule is CC(C)[C@H](C)c1nc([C@H](C)C(=O)Nc2ccc(CO)cc2)cs1.CCn1cc(C(=O)O)c(=O)c2cc(F)c(N3CCN(C(=O)OCc4ccc(NC(=O)[C@@H](C)c5cnc([C@@H](C)C(C)C)s5)cc4)CC3)cc21. The lowest BCUT2D eigenvalue weighted by molar-refractivity contribution is -0.118. The minimum atomic E-state index is -1.36. The normalized spacial score (nSPS) is 14.4. The summed E-state index contributed by atoms with van der Waals surface area (Å²) in [6.07, 6.45) is 2.57. The molecule has 378 valence electrons. The summed E-state index contributed by atoms with van der Waals surface area (Å²) in [5.74, 6) is -1.12. The molecule has 0 spiro atoms. The number of amides is 3. The Morgan fingerprint density at radius 1 is 0.803 bits per heavy atom. The van der Waals surface area contributed by atoms with Crippen LogP contribution in [-0.4, -0.2) is 79.7 Å². The van der Waals surface area contributed by atoms with Crippen LogP contribution in [0.2, 0.25) is 0 Å². The Hall–Kier alpha value is -6.50. The first kappa shape index (κ1) is 53.8. The number of carbonyl (C=O) groups excluding carboxylic acids is 3. The Morgan fingerprint density at radius 2 is 1.38 bits per heavy atom. The van der Waals surface area contributed by atoms with E-state index < -0.39 is 28.9 Å². The van der Waals surface area contributed by atoms with Crippen molar-refractivity contribution >= 4 is 74.5 Å². The minimum absolute atomic E-state index is 0.000263. The summed E-state index contributed by atoms with van der Waals surface area (Å²) in [5, 5.41) is 28.4. The Morgan fingerprint density at radius 3 is 1.94 bits per heavy atom. The number of carboxylic acids is 1. The predicted octanol–water partition coefficient (Wildman–Crippen LogP) is 10.4. The maximum atomic E-state index is 15.2. The van der Waals surface area contributed by atoms with Crippen LogP contribution in [-0.2, 0) is 34.1 Å². The van der Waals surface area contributed by atoms with Crippen LogP contribution in [0.3, 0.4) is 0 Å². The molecule has 15 nitrogen and oxygen atoms in total. The van der Waals surface area contributed by atoms with Gasteiger partial charge in [0.25, 0.3) is 0 Å². The van der Waals surface area contributed by atoms with Crippen molar-refractivity contribution in [1.82, 2.24) is 19.4 Å². The maximum absolute atomic E-state index is 15.2. The molecule has 7 rings (SSSR count). The molecular weight excluding hydrogens is 946 g/mol. The van der Waals surface area contributed by atoms with Gasteiger partial charge in [0.1, 0.15) is 18.0 Å². The number of halogens is 1. The molecule has 1 aliphatic heterocycles. The number of aromatic nitrogens is 3. The molecule has 0 unspecified atom stereocenters. The molecule has 0 saturated carbocycles. The minimum Gasteiger partial charge on any atom is -0.477 e. The number of aliphatic hydroxyl groups excluding tert-OH is 1. The number of benzene rings is 3. The summed E-state index contributed by atoms with van der Waals surface area (Å²) in [6, 6.07) is 17.0. The smallest absolute Gasteiger partial charge is 0.410 e. The molecule has 0 bridgehead atoms. The standard InChI is InChI=1S/C35H40FN5O6S.C18H24N2O2S/c1-6-39-18-26(34(44)45)31(42)25-15-27(36)29(16-28(25)39)40-11-13-41(14-12-40)35(46)47-19-23-7-9-24(10-8-23)38-32(43)22(5)30-17-37-33(48-30)21(4)20(2)3;1-11(2)12(3)18-20-16(10-23-18)13(4)17(22)19-15-7-5-14(9-21)6-8-15/h7-10,15-18,20-22H,6,11-14,19H2,1-5H3,(H,38,43)(H,44,45);5-8,10-13,21H,9H2,1-4H3,(H,19,22)/t21-,22-;12-,13-/m00/s1. The van der Waals surface area contributed by atoms with E-state index in [2.05, 4.69) is 62.1 Å². The van der Waals surface area contributed by atoms with Gasteiger partial charge in [0, 0.05) is 84.0 Å². The lowest BCUT2D eigenvalue weighted by Gasteiger charge is -2.35. The average molecular weight is 1010 g/mol. The van der Waals surface area contributed by atoms with Gasteiger partial charge >= 0.3 is 12.1 Å². The van der Waals surface area contributed by atoms with Gasteiger partial charge in [0.2, 0.25) is 17.2 Å². The Labute approximate surface area is 421 Å². The molecule has 4 N–H and O–H groups in total. The second-order valence-electron chi connectivity index (χ2n) is 18.6. The van der Waals surface area contributed by atoms with Crippen LogP contribution in [0, 0.1) is 17.7 Å². The number of hydrogen-bond acceptors (Lipinski definition) is 12. The van der Waals surface area contributed by atoms with E-state index in [9.17, 15) is 29.1 Å². The van der Waals surface area contributed by atoms with Crippen molar-refractivity contribution in [2.75, 3.05) is 41.7 Å². The average Bonchev–Trinajstić information content (AvgIpc) is 4.07. The fourth-order valence-electron chi connectivity index (χ4n) is 7.55. The van der Waals surface area contributed by atoms with Gasteiger partial charge in [-0.2, -0.15) is 0 Å². The number of rotatable bonds is 16. The highest BCUT2D eigenvalue weighted by Crippen LogP contribution is 2.33. The zero-order valence-corrected chi connectivity index (χ0v) is 43.3. The Balaban J connectivity index is 0.000000300. The van der Waals surface area contributed by atoms with Crippen LogP contribution < -0.4 is 21.0 Å². The van der Waals surface area contributed by atoms with Crippen molar-refractivity contribution in [3.05, 3.63) is 132 Å². The largest absolute Gasteiger partial charge is 0.477 e. The van der Waals surface area contributed by atoms with Crippen molar-refractivity contribution < 1.29 is 38.5 Å². The second-order valence-corrected chi connectivity index (χ2v) is 20.5. The van der Waals surface area contributed by atoms with Crippen LogP contribution in [0.1, 0.15) is 128 Å². The molecule has 3 aromatic heterocycles. The van der Waals surface area contributed by atoms with E-state index in [1.165, 1.54) is 6.20 Å². The quantitative estimate of drug-likeness (QED) is 0.0720. The van der Waals surface area contributed by atoms with E-state index in [0.717, 1.165) is 43.5 Å². The monoisotopic (exact) mass is 1010 g/mol. The summed E-state index contributed by atoms with van der Waals surface area (Å²) in [7, 11) is 0. The third-order valence-corrected chi connectivity index (χ3v) is 15.5. The Bertz CT molecular complexity index is 2870. The number of aliphatic hydroxyl groups is 1. The summed E-state index contributed by atoms with van der Waals surface area (Å²) >= 11 is 3.20. The highest BCUT2D eigenvalue weighted by molar-refractivity contribution is 7.12. The van der Waals surface area contributed by atoms with E-state index in [1.807, 2.05) is 26.2 Å². The first-order chi connectivity index (χ1) is 33.8.